The summed E-state index contributed by atoms with van der Waals surface area (Å²) in [5, 5.41) is 3.12. The van der Waals surface area contributed by atoms with Gasteiger partial charge in [-0.3, -0.25) is 9.10 Å². The maximum Gasteiger partial charge on any atom is 0.232 e. The van der Waals surface area contributed by atoms with Gasteiger partial charge in [0.15, 0.2) is 0 Å². The van der Waals surface area contributed by atoms with Crippen LogP contribution >= 0.6 is 0 Å². The third-order valence-electron chi connectivity index (χ3n) is 4.84. The van der Waals surface area contributed by atoms with Crippen LogP contribution in [0.1, 0.15) is 51.6 Å². The molecular formula is C24H34N2O4S. The molecule has 0 fully saturated rings. The Morgan fingerprint density at radius 3 is 2.32 bits per heavy atom. The van der Waals surface area contributed by atoms with Gasteiger partial charge in [-0.25, -0.2) is 8.42 Å². The number of rotatable bonds is 12. The summed E-state index contributed by atoms with van der Waals surface area (Å²) < 4.78 is 31.7. The average molecular weight is 447 g/mol. The highest BCUT2D eigenvalue weighted by Crippen LogP contribution is 2.30. The molecule has 6 nitrogen and oxygen atoms in total. The summed E-state index contributed by atoms with van der Waals surface area (Å²) in [6, 6.07) is 16.9. The summed E-state index contributed by atoms with van der Waals surface area (Å²) in [6.07, 6.45) is 2.66. The van der Waals surface area contributed by atoms with Gasteiger partial charge in [0, 0.05) is 13.0 Å². The summed E-state index contributed by atoms with van der Waals surface area (Å²) in [5.74, 6) is 0.864. The van der Waals surface area contributed by atoms with Gasteiger partial charge in [-0.05, 0) is 43.4 Å². The number of nitrogens with one attached hydrogen (secondary N) is 1. The van der Waals surface area contributed by atoms with E-state index in [1.54, 1.807) is 24.3 Å². The van der Waals surface area contributed by atoms with Crippen molar-refractivity contribution in [2.45, 2.75) is 46.1 Å². The van der Waals surface area contributed by atoms with Crippen molar-refractivity contribution >= 4 is 21.6 Å². The fourth-order valence-corrected chi connectivity index (χ4v) is 4.46. The molecule has 0 aliphatic heterocycles. The highest BCUT2D eigenvalue weighted by Gasteiger charge is 2.22. The molecule has 1 atom stereocenters. The molecule has 0 aliphatic carbocycles. The van der Waals surface area contributed by atoms with Gasteiger partial charge in [0.1, 0.15) is 5.75 Å². The number of hydrogen-bond donors (Lipinski definition) is 1. The second kappa shape index (κ2) is 11.7. The maximum absolute atomic E-state index is 12.6. The van der Waals surface area contributed by atoms with Gasteiger partial charge in [-0.1, -0.05) is 56.3 Å². The summed E-state index contributed by atoms with van der Waals surface area (Å²) in [7, 11) is -3.52. The molecule has 2 rings (SSSR count). The molecule has 0 spiro atoms. The van der Waals surface area contributed by atoms with Crippen molar-refractivity contribution in [3.63, 3.8) is 0 Å². The van der Waals surface area contributed by atoms with Gasteiger partial charge >= 0.3 is 0 Å². The SMILES string of the molecule is CCOc1ccccc1N(CCCC(=O)NC(CC(C)C)c1ccccc1)S(C)(=O)=O. The molecule has 0 aliphatic rings. The van der Waals surface area contributed by atoms with Gasteiger partial charge in [-0.15, -0.1) is 0 Å². The molecular weight excluding hydrogens is 412 g/mol. The van der Waals surface area contributed by atoms with Crippen LogP contribution in [0.15, 0.2) is 54.6 Å². The summed E-state index contributed by atoms with van der Waals surface area (Å²) in [4.78, 5) is 12.6. The first-order valence-electron chi connectivity index (χ1n) is 10.8. The lowest BCUT2D eigenvalue weighted by Crippen LogP contribution is -2.33. The second-order valence-corrected chi connectivity index (χ2v) is 9.91. The van der Waals surface area contributed by atoms with Crippen molar-refractivity contribution in [3.05, 3.63) is 60.2 Å². The normalized spacial score (nSPS) is 12.4. The predicted molar refractivity (Wildman–Crippen MR) is 126 cm³/mol. The molecule has 0 bridgehead atoms. The third-order valence-corrected chi connectivity index (χ3v) is 6.02. The lowest BCUT2D eigenvalue weighted by molar-refractivity contribution is -0.122. The second-order valence-electron chi connectivity index (χ2n) is 8.00. The van der Waals surface area contributed by atoms with Crippen LogP contribution in [0.2, 0.25) is 0 Å². The number of nitrogens with zero attached hydrogens (tertiary/aromatic N) is 1. The number of anilines is 1. The quantitative estimate of drug-likeness (QED) is 0.520. The first kappa shape index (κ1) is 24.7. The summed E-state index contributed by atoms with van der Waals surface area (Å²) in [6.45, 7) is 6.75. The molecule has 0 saturated heterocycles. The molecule has 1 amide bonds. The molecule has 2 aromatic rings. The average Bonchev–Trinajstić information content (AvgIpc) is 2.71. The van der Waals surface area contributed by atoms with Crippen LogP contribution in [0.4, 0.5) is 5.69 Å². The Morgan fingerprint density at radius 2 is 1.71 bits per heavy atom. The topological polar surface area (TPSA) is 75.7 Å². The zero-order valence-electron chi connectivity index (χ0n) is 18.9. The lowest BCUT2D eigenvalue weighted by Gasteiger charge is -2.25. The van der Waals surface area contributed by atoms with Crippen LogP contribution in [0.5, 0.6) is 5.75 Å². The minimum Gasteiger partial charge on any atom is -0.492 e. The standard InChI is InChI=1S/C24H34N2O4S/c1-5-30-23-15-10-9-14-22(23)26(31(4,28)29)17-11-16-24(27)25-21(18-19(2)3)20-12-7-6-8-13-20/h6-10,12-15,19,21H,5,11,16-18H2,1-4H3,(H,25,27). The first-order chi connectivity index (χ1) is 14.7. The van der Waals surface area contributed by atoms with Crippen LogP contribution < -0.4 is 14.4 Å². The highest BCUT2D eigenvalue weighted by molar-refractivity contribution is 7.92. The van der Waals surface area contributed by atoms with E-state index in [9.17, 15) is 13.2 Å². The van der Waals surface area contributed by atoms with Gasteiger partial charge in [0.05, 0.1) is 24.6 Å². The van der Waals surface area contributed by atoms with Gasteiger partial charge < -0.3 is 10.1 Å². The van der Waals surface area contributed by atoms with E-state index in [2.05, 4.69) is 19.2 Å². The Morgan fingerprint density at radius 1 is 1.06 bits per heavy atom. The van der Waals surface area contributed by atoms with Crippen molar-refractivity contribution in [1.82, 2.24) is 5.32 Å². The van der Waals surface area contributed by atoms with Gasteiger partial charge in [-0.2, -0.15) is 0 Å². The fourth-order valence-electron chi connectivity index (χ4n) is 3.49. The molecule has 2 aromatic carbocycles. The summed E-state index contributed by atoms with van der Waals surface area (Å²) >= 11 is 0. The number of ether oxygens (including phenoxy) is 1. The molecule has 0 aromatic heterocycles. The number of carbonyl (C=O) groups excluding carboxylic acids is 1. The van der Waals surface area contributed by atoms with Crippen molar-refractivity contribution in [1.29, 1.82) is 0 Å². The minimum atomic E-state index is -3.52. The Kier molecular flexibility index (Phi) is 9.37. The predicted octanol–water partition coefficient (Wildman–Crippen LogP) is 4.54. The maximum atomic E-state index is 12.6. The van der Waals surface area contributed by atoms with E-state index in [1.165, 1.54) is 10.6 Å². The number of sulfonamides is 1. The number of hydrogen-bond acceptors (Lipinski definition) is 4. The Bertz CT molecular complexity index is 930. The number of benzene rings is 2. The first-order valence-corrected chi connectivity index (χ1v) is 12.6. The number of amides is 1. The van der Waals surface area contributed by atoms with E-state index in [-0.39, 0.29) is 24.9 Å². The van der Waals surface area contributed by atoms with E-state index in [0.29, 0.717) is 30.4 Å². The summed E-state index contributed by atoms with van der Waals surface area (Å²) in [5.41, 5.74) is 1.57. The van der Waals surface area contributed by atoms with Crippen LogP contribution in [0.3, 0.4) is 0 Å². The zero-order chi connectivity index (χ0) is 22.9. The zero-order valence-corrected chi connectivity index (χ0v) is 19.7. The van der Waals surface area contributed by atoms with Crippen LogP contribution in [0.25, 0.3) is 0 Å². The molecule has 1 N–H and O–H groups in total. The molecule has 0 radical (unpaired) electrons. The molecule has 170 valence electrons. The minimum absolute atomic E-state index is 0.0570. The van der Waals surface area contributed by atoms with E-state index in [1.807, 2.05) is 37.3 Å². The molecule has 0 heterocycles. The lowest BCUT2D eigenvalue weighted by atomic mass is 9.97. The number of para-hydroxylation sites is 2. The fraction of sp³-hybridized carbons (Fsp3) is 0.458. The van der Waals surface area contributed by atoms with Gasteiger partial charge in [0.2, 0.25) is 15.9 Å². The Hall–Kier alpha value is -2.54. The highest BCUT2D eigenvalue weighted by atomic mass is 32.2. The van der Waals surface area contributed by atoms with Crippen LogP contribution in [-0.2, 0) is 14.8 Å². The molecule has 7 heteroatoms. The van der Waals surface area contributed by atoms with Crippen molar-refractivity contribution < 1.29 is 17.9 Å². The van der Waals surface area contributed by atoms with Crippen molar-refractivity contribution in [3.8, 4) is 5.75 Å². The van der Waals surface area contributed by atoms with Crippen LogP contribution in [-0.4, -0.2) is 33.7 Å². The largest absolute Gasteiger partial charge is 0.492 e. The van der Waals surface area contributed by atoms with E-state index in [4.69, 9.17) is 4.74 Å². The van der Waals surface area contributed by atoms with Gasteiger partial charge in [0.25, 0.3) is 0 Å². The van der Waals surface area contributed by atoms with Crippen molar-refractivity contribution in [2.24, 2.45) is 5.92 Å². The van der Waals surface area contributed by atoms with Crippen molar-refractivity contribution in [2.75, 3.05) is 23.7 Å². The van der Waals surface area contributed by atoms with E-state index >= 15 is 0 Å². The molecule has 31 heavy (non-hydrogen) atoms. The third kappa shape index (κ3) is 7.90. The smallest absolute Gasteiger partial charge is 0.232 e. The number of carbonyl (C=O) groups is 1. The molecule has 1 unspecified atom stereocenters. The van der Waals surface area contributed by atoms with Crippen LogP contribution in [0, 0.1) is 5.92 Å². The van der Waals surface area contributed by atoms with E-state index in [0.717, 1.165) is 12.0 Å². The van der Waals surface area contributed by atoms with E-state index < -0.39 is 10.0 Å². The Labute approximate surface area is 186 Å². The Balaban J connectivity index is 2.04. The molecule has 0 saturated carbocycles. The monoisotopic (exact) mass is 446 g/mol.